The van der Waals surface area contributed by atoms with Gasteiger partial charge in [-0.1, -0.05) is 209 Å². The molecule has 1 aromatic heterocycles. The number of benzene rings is 10. The molecule has 0 fully saturated rings. The van der Waals surface area contributed by atoms with E-state index >= 15 is 0 Å². The van der Waals surface area contributed by atoms with Gasteiger partial charge in [0, 0.05) is 22.0 Å². The van der Waals surface area contributed by atoms with E-state index in [-0.39, 0.29) is 12.1 Å². The second-order valence-electron chi connectivity index (χ2n) is 19.2. The van der Waals surface area contributed by atoms with Crippen LogP contribution in [0.1, 0.15) is 26.3 Å². The maximum atomic E-state index is 7.21. The molecule has 2 aliphatic rings. The number of hydrogen-bond acceptors (Lipinski definition) is 1. The van der Waals surface area contributed by atoms with Gasteiger partial charge in [-0.15, -0.1) is 0 Å². The van der Waals surface area contributed by atoms with Crippen molar-refractivity contribution >= 4 is 44.9 Å². The van der Waals surface area contributed by atoms with Crippen molar-refractivity contribution in [2.45, 2.75) is 26.2 Å². The lowest BCUT2D eigenvalue weighted by Gasteiger charge is -2.35. The summed E-state index contributed by atoms with van der Waals surface area (Å²) in [4.78, 5) is 0. The highest BCUT2D eigenvalue weighted by molar-refractivity contribution is 6.99. The van der Waals surface area contributed by atoms with Crippen molar-refractivity contribution in [2.24, 2.45) is 0 Å². The van der Waals surface area contributed by atoms with Crippen molar-refractivity contribution in [1.29, 1.82) is 0 Å². The molecule has 3 heterocycles. The fourth-order valence-electron chi connectivity index (χ4n) is 11.0. The minimum Gasteiger partial charge on any atom is -0.458 e. The van der Waals surface area contributed by atoms with E-state index in [1.165, 1.54) is 105 Å². The molecule has 0 saturated heterocycles. The Bertz CT molecular complexity index is 3750. The minimum absolute atomic E-state index is 0.0507. The topological polar surface area (TPSA) is 14.2 Å². The van der Waals surface area contributed by atoms with E-state index in [4.69, 9.17) is 4.74 Å². The van der Waals surface area contributed by atoms with Crippen molar-refractivity contribution < 1.29 is 4.74 Å². The fourth-order valence-corrected chi connectivity index (χ4v) is 11.0. The zero-order valence-corrected chi connectivity index (χ0v) is 37.8. The maximum absolute atomic E-state index is 7.21. The molecule has 316 valence electrons. The van der Waals surface area contributed by atoms with Gasteiger partial charge in [0.1, 0.15) is 11.5 Å². The van der Waals surface area contributed by atoms with Crippen LogP contribution >= 0.6 is 0 Å². The van der Waals surface area contributed by atoms with Crippen LogP contribution in [0.25, 0.3) is 94.3 Å². The summed E-state index contributed by atoms with van der Waals surface area (Å²) >= 11 is 0. The first-order valence-electron chi connectivity index (χ1n) is 23.4. The van der Waals surface area contributed by atoms with Crippen LogP contribution in [0.15, 0.2) is 224 Å². The first kappa shape index (κ1) is 39.2. The third-order valence-electron chi connectivity index (χ3n) is 14.2. The Morgan fingerprint density at radius 1 is 0.373 bits per heavy atom. The van der Waals surface area contributed by atoms with Gasteiger partial charge >= 0.3 is 0 Å². The van der Waals surface area contributed by atoms with E-state index < -0.39 is 0 Å². The standard InChI is InChI=1S/C64H46BNO/c1-64(2,3)47-32-34-60-56(40-47)65-57-37-45(52-29-17-14-26-49(52)42-21-9-5-10-22-42)36-55-54-35-44(51-28-16-13-25-48(51)41-19-7-4-8-20-41)31-33-58(54)66(63(55)57)59-38-46(39-61(67-60)62(59)65)53-30-18-15-27-50(53)43-23-11-6-12-24-43/h4-40H,1-3H3. The van der Waals surface area contributed by atoms with Crippen molar-refractivity contribution in [3.8, 4) is 83.9 Å². The van der Waals surface area contributed by atoms with Gasteiger partial charge in [0.15, 0.2) is 0 Å². The molecule has 0 aliphatic carbocycles. The molecule has 0 radical (unpaired) electrons. The molecular formula is C64H46BNO. The Morgan fingerprint density at radius 3 is 1.39 bits per heavy atom. The van der Waals surface area contributed by atoms with Gasteiger partial charge in [0.25, 0.3) is 6.71 Å². The molecule has 13 rings (SSSR count). The average Bonchev–Trinajstić information content (AvgIpc) is 3.71. The summed E-state index contributed by atoms with van der Waals surface area (Å²) in [5.41, 5.74) is 22.9. The molecule has 0 bridgehead atoms. The number of nitrogens with zero attached hydrogens (tertiary/aromatic N) is 1. The lowest BCUT2D eigenvalue weighted by Crippen LogP contribution is -2.58. The van der Waals surface area contributed by atoms with Crippen LogP contribution in [0, 0.1) is 0 Å². The number of fused-ring (bicyclic) bond motifs is 7. The molecule has 0 N–H and O–H groups in total. The lowest BCUT2D eigenvalue weighted by atomic mass is 9.34. The molecule has 2 nitrogen and oxygen atoms in total. The average molecular weight is 856 g/mol. The zero-order valence-electron chi connectivity index (χ0n) is 37.8. The molecule has 3 heteroatoms. The minimum atomic E-state index is -0.0732. The number of aromatic nitrogens is 1. The monoisotopic (exact) mass is 855 g/mol. The Hall–Kier alpha value is -8.14. The van der Waals surface area contributed by atoms with E-state index in [2.05, 4.69) is 250 Å². The van der Waals surface area contributed by atoms with E-state index in [0.29, 0.717) is 0 Å². The largest absolute Gasteiger partial charge is 0.458 e. The zero-order chi connectivity index (χ0) is 44.8. The summed E-state index contributed by atoms with van der Waals surface area (Å²) in [7, 11) is 0. The smallest absolute Gasteiger partial charge is 0.256 e. The maximum Gasteiger partial charge on any atom is 0.256 e. The predicted molar refractivity (Wildman–Crippen MR) is 283 cm³/mol. The van der Waals surface area contributed by atoms with Crippen LogP contribution in [0.3, 0.4) is 0 Å². The highest BCUT2D eigenvalue weighted by atomic mass is 16.5. The summed E-state index contributed by atoms with van der Waals surface area (Å²) in [6.07, 6.45) is 0. The van der Waals surface area contributed by atoms with Crippen LogP contribution in [-0.4, -0.2) is 11.3 Å². The summed E-state index contributed by atoms with van der Waals surface area (Å²) in [6, 6.07) is 82.6. The van der Waals surface area contributed by atoms with Gasteiger partial charge in [-0.25, -0.2) is 0 Å². The molecule has 11 aromatic rings. The van der Waals surface area contributed by atoms with E-state index in [1.54, 1.807) is 0 Å². The Morgan fingerprint density at radius 2 is 0.851 bits per heavy atom. The third-order valence-corrected chi connectivity index (χ3v) is 14.2. The van der Waals surface area contributed by atoms with Crippen LogP contribution in [-0.2, 0) is 5.41 Å². The SMILES string of the molecule is CC(C)(C)c1ccc2c(c1)B1c3c(cc(-c4ccccc4-c4ccccc4)cc3-n3c4ccc(-c5ccccc5-c5ccccc5)cc4c4cc(-c5ccccc5-c5ccccc5)cc1c43)O2. The number of rotatable bonds is 6. The van der Waals surface area contributed by atoms with Crippen LogP contribution in [0.2, 0.25) is 0 Å². The predicted octanol–water partition coefficient (Wildman–Crippen LogP) is 15.0. The fraction of sp³-hybridized carbons (Fsp3) is 0.0625. The molecular weight excluding hydrogens is 810 g/mol. The van der Waals surface area contributed by atoms with Gasteiger partial charge < -0.3 is 9.30 Å². The molecule has 67 heavy (non-hydrogen) atoms. The Kier molecular flexibility index (Phi) is 8.92. The Balaban J connectivity index is 1.15. The second-order valence-corrected chi connectivity index (χ2v) is 19.2. The molecule has 10 aromatic carbocycles. The normalized spacial score (nSPS) is 12.5. The van der Waals surface area contributed by atoms with E-state index in [9.17, 15) is 0 Å². The second kappa shape index (κ2) is 15.2. The summed E-state index contributed by atoms with van der Waals surface area (Å²) in [5, 5.41) is 2.47. The molecule has 0 amide bonds. The number of hydrogen-bond donors (Lipinski definition) is 0. The van der Waals surface area contributed by atoms with Crippen LogP contribution in [0.5, 0.6) is 11.5 Å². The van der Waals surface area contributed by atoms with Gasteiger partial charge in [0.2, 0.25) is 0 Å². The molecule has 0 atom stereocenters. The van der Waals surface area contributed by atoms with E-state index in [0.717, 1.165) is 22.7 Å². The number of ether oxygens (including phenoxy) is 1. The summed E-state index contributed by atoms with van der Waals surface area (Å²) in [5.74, 6) is 1.82. The van der Waals surface area contributed by atoms with Gasteiger partial charge in [-0.2, -0.15) is 0 Å². The molecule has 0 unspecified atom stereocenters. The van der Waals surface area contributed by atoms with Gasteiger partial charge in [-0.3, -0.25) is 0 Å². The first-order valence-corrected chi connectivity index (χ1v) is 23.4. The molecule has 0 spiro atoms. The molecule has 2 aliphatic heterocycles. The third kappa shape index (κ3) is 6.33. The van der Waals surface area contributed by atoms with Gasteiger partial charge in [-0.05, 0) is 131 Å². The quantitative estimate of drug-likeness (QED) is 0.152. The van der Waals surface area contributed by atoms with E-state index in [1.807, 2.05) is 0 Å². The van der Waals surface area contributed by atoms with Gasteiger partial charge in [0.05, 0.1) is 5.52 Å². The first-order chi connectivity index (χ1) is 32.9. The van der Waals surface area contributed by atoms with Crippen molar-refractivity contribution in [3.05, 3.63) is 230 Å². The van der Waals surface area contributed by atoms with Crippen molar-refractivity contribution in [2.75, 3.05) is 0 Å². The lowest BCUT2D eigenvalue weighted by molar-refractivity contribution is 0.486. The Labute approximate surface area is 392 Å². The van der Waals surface area contributed by atoms with Crippen LogP contribution in [0.4, 0.5) is 0 Å². The van der Waals surface area contributed by atoms with Crippen molar-refractivity contribution in [3.63, 3.8) is 0 Å². The molecule has 0 saturated carbocycles. The van der Waals surface area contributed by atoms with Crippen LogP contribution < -0.4 is 21.1 Å². The summed E-state index contributed by atoms with van der Waals surface area (Å²) in [6.45, 7) is 6.84. The highest BCUT2D eigenvalue weighted by Crippen LogP contribution is 2.45. The van der Waals surface area contributed by atoms with Crippen molar-refractivity contribution in [1.82, 2.24) is 4.57 Å². The summed E-state index contributed by atoms with van der Waals surface area (Å²) < 4.78 is 9.77. The highest BCUT2D eigenvalue weighted by Gasteiger charge is 2.42.